The van der Waals surface area contributed by atoms with Crippen LogP contribution >= 0.6 is 0 Å². The summed E-state index contributed by atoms with van der Waals surface area (Å²) in [6.45, 7) is 0. The number of hydrogen-bond acceptors (Lipinski definition) is 4. The number of methoxy groups -OCH3 is 1. The Balaban J connectivity index is 2.29. The summed E-state index contributed by atoms with van der Waals surface area (Å²) < 4.78 is 4.67. The molecule has 0 bridgehead atoms. The van der Waals surface area contributed by atoms with Crippen LogP contribution in [0.1, 0.15) is 15.9 Å². The number of rotatable bonds is 3. The second kappa shape index (κ2) is 5.69. The van der Waals surface area contributed by atoms with Crippen molar-refractivity contribution >= 4 is 17.3 Å². The van der Waals surface area contributed by atoms with Crippen LogP contribution < -0.4 is 5.32 Å². The number of nitriles is 1. The van der Waals surface area contributed by atoms with Crippen molar-refractivity contribution in [1.82, 2.24) is 0 Å². The van der Waals surface area contributed by atoms with Crippen LogP contribution in [0.25, 0.3) is 0 Å². The highest BCUT2D eigenvalue weighted by Crippen LogP contribution is 2.21. The normalized spacial score (nSPS) is 9.47. The van der Waals surface area contributed by atoms with Crippen LogP contribution in [0, 0.1) is 11.3 Å². The van der Waals surface area contributed by atoms with Crippen LogP contribution in [-0.2, 0) is 4.74 Å². The number of hydrogen-bond donors (Lipinski definition) is 1. The zero-order valence-electron chi connectivity index (χ0n) is 10.4. The molecule has 0 fully saturated rings. The van der Waals surface area contributed by atoms with Gasteiger partial charge in [0.15, 0.2) is 0 Å². The Hall–Kier alpha value is -2.80. The second-order valence-electron chi connectivity index (χ2n) is 3.85. The first-order chi connectivity index (χ1) is 9.24. The van der Waals surface area contributed by atoms with E-state index < -0.39 is 5.97 Å². The van der Waals surface area contributed by atoms with Gasteiger partial charge in [0, 0.05) is 5.69 Å². The monoisotopic (exact) mass is 252 g/mol. The highest BCUT2D eigenvalue weighted by Gasteiger charge is 2.06. The van der Waals surface area contributed by atoms with Crippen molar-refractivity contribution in [2.24, 2.45) is 0 Å². The lowest BCUT2D eigenvalue weighted by Gasteiger charge is -2.09. The minimum atomic E-state index is -0.391. The van der Waals surface area contributed by atoms with E-state index in [-0.39, 0.29) is 0 Å². The molecule has 19 heavy (non-hydrogen) atoms. The van der Waals surface area contributed by atoms with Crippen molar-refractivity contribution < 1.29 is 9.53 Å². The van der Waals surface area contributed by atoms with Crippen molar-refractivity contribution in [3.63, 3.8) is 0 Å². The van der Waals surface area contributed by atoms with E-state index in [4.69, 9.17) is 5.26 Å². The molecule has 0 saturated heterocycles. The summed E-state index contributed by atoms with van der Waals surface area (Å²) in [6, 6.07) is 16.2. The van der Waals surface area contributed by atoms with Crippen LogP contribution in [0.5, 0.6) is 0 Å². The summed E-state index contributed by atoms with van der Waals surface area (Å²) in [5.74, 6) is -0.391. The van der Waals surface area contributed by atoms with E-state index in [1.165, 1.54) is 7.11 Å². The van der Waals surface area contributed by atoms with Crippen LogP contribution in [0.2, 0.25) is 0 Å². The van der Waals surface area contributed by atoms with Gasteiger partial charge in [-0.05, 0) is 30.3 Å². The van der Waals surface area contributed by atoms with Gasteiger partial charge in [-0.1, -0.05) is 18.2 Å². The molecule has 0 amide bonds. The molecule has 2 aromatic carbocycles. The molecule has 0 heterocycles. The quantitative estimate of drug-likeness (QED) is 0.853. The maximum atomic E-state index is 11.4. The number of ether oxygens (including phenoxy) is 1. The fourth-order valence-electron chi connectivity index (χ4n) is 1.69. The van der Waals surface area contributed by atoms with Crippen LogP contribution in [0.4, 0.5) is 11.4 Å². The molecule has 94 valence electrons. The maximum absolute atomic E-state index is 11.4. The standard InChI is InChI=1S/C15H12N2O2/c1-19-15(18)11-6-4-7-13(9-11)17-14-8-3-2-5-12(14)10-16/h2-9,17H,1H3. The van der Waals surface area contributed by atoms with Gasteiger partial charge in [0.05, 0.1) is 23.9 Å². The van der Waals surface area contributed by atoms with Crippen molar-refractivity contribution in [2.45, 2.75) is 0 Å². The second-order valence-corrected chi connectivity index (χ2v) is 3.85. The molecule has 1 N–H and O–H groups in total. The SMILES string of the molecule is COC(=O)c1cccc(Nc2ccccc2C#N)c1. The molecule has 2 aromatic rings. The average molecular weight is 252 g/mol. The van der Waals surface area contributed by atoms with Crippen molar-refractivity contribution in [1.29, 1.82) is 5.26 Å². The van der Waals surface area contributed by atoms with E-state index in [1.807, 2.05) is 18.2 Å². The summed E-state index contributed by atoms with van der Waals surface area (Å²) in [5, 5.41) is 12.1. The van der Waals surface area contributed by atoms with Gasteiger partial charge in [0.2, 0.25) is 0 Å². The van der Waals surface area contributed by atoms with Gasteiger partial charge in [-0.3, -0.25) is 0 Å². The first-order valence-electron chi connectivity index (χ1n) is 5.69. The Labute approximate surface area is 111 Å². The third-order valence-corrected chi connectivity index (χ3v) is 2.61. The third-order valence-electron chi connectivity index (χ3n) is 2.61. The highest BCUT2D eigenvalue weighted by molar-refractivity contribution is 5.90. The molecular formula is C15H12N2O2. The summed E-state index contributed by atoms with van der Waals surface area (Å²) in [4.78, 5) is 11.4. The lowest BCUT2D eigenvalue weighted by molar-refractivity contribution is 0.0601. The van der Waals surface area contributed by atoms with E-state index in [9.17, 15) is 4.79 Å². The minimum Gasteiger partial charge on any atom is -0.465 e. The maximum Gasteiger partial charge on any atom is 0.337 e. The molecule has 4 nitrogen and oxygen atoms in total. The third kappa shape index (κ3) is 2.90. The van der Waals surface area contributed by atoms with Crippen LogP contribution in [0.3, 0.4) is 0 Å². The van der Waals surface area contributed by atoms with Gasteiger partial charge in [-0.25, -0.2) is 4.79 Å². The van der Waals surface area contributed by atoms with Gasteiger partial charge in [-0.15, -0.1) is 0 Å². The molecule has 2 rings (SSSR count). The fourth-order valence-corrected chi connectivity index (χ4v) is 1.69. The van der Waals surface area contributed by atoms with Gasteiger partial charge < -0.3 is 10.1 Å². The minimum absolute atomic E-state index is 0.391. The lowest BCUT2D eigenvalue weighted by atomic mass is 10.1. The predicted molar refractivity (Wildman–Crippen MR) is 72.2 cm³/mol. The molecule has 0 aliphatic rings. The number of nitrogens with zero attached hydrogens (tertiary/aromatic N) is 1. The lowest BCUT2D eigenvalue weighted by Crippen LogP contribution is -2.02. The zero-order chi connectivity index (χ0) is 13.7. The van der Waals surface area contributed by atoms with E-state index >= 15 is 0 Å². The Kier molecular flexibility index (Phi) is 3.79. The van der Waals surface area contributed by atoms with Gasteiger partial charge in [-0.2, -0.15) is 5.26 Å². The Morgan fingerprint density at radius 3 is 2.74 bits per heavy atom. The van der Waals surface area contributed by atoms with E-state index in [0.717, 1.165) is 5.69 Å². The molecule has 0 aliphatic heterocycles. The van der Waals surface area contributed by atoms with Gasteiger partial charge in [0.1, 0.15) is 6.07 Å². The zero-order valence-corrected chi connectivity index (χ0v) is 10.4. The number of nitrogens with one attached hydrogen (secondary N) is 1. The number of carbonyl (C=O) groups excluding carboxylic acids is 1. The molecule has 0 aromatic heterocycles. The molecular weight excluding hydrogens is 240 g/mol. The number of carbonyl (C=O) groups is 1. The largest absolute Gasteiger partial charge is 0.465 e. The number of benzene rings is 2. The summed E-state index contributed by atoms with van der Waals surface area (Å²) >= 11 is 0. The van der Waals surface area contributed by atoms with Crippen molar-refractivity contribution in [3.05, 3.63) is 59.7 Å². The molecule has 0 radical (unpaired) electrons. The summed E-state index contributed by atoms with van der Waals surface area (Å²) in [7, 11) is 1.34. The van der Waals surface area contributed by atoms with Crippen LogP contribution in [0.15, 0.2) is 48.5 Å². The number of para-hydroxylation sites is 1. The Bertz CT molecular complexity index is 645. The van der Waals surface area contributed by atoms with Crippen molar-refractivity contribution in [3.8, 4) is 6.07 Å². The first kappa shape index (κ1) is 12.7. The van der Waals surface area contributed by atoms with E-state index in [2.05, 4.69) is 16.1 Å². The topological polar surface area (TPSA) is 62.1 Å². The predicted octanol–water partition coefficient (Wildman–Crippen LogP) is 3.09. The molecule has 0 atom stereocenters. The smallest absolute Gasteiger partial charge is 0.337 e. The molecule has 0 spiro atoms. The van der Waals surface area contributed by atoms with E-state index in [1.54, 1.807) is 30.3 Å². The fraction of sp³-hybridized carbons (Fsp3) is 0.0667. The molecule has 0 aliphatic carbocycles. The first-order valence-corrected chi connectivity index (χ1v) is 5.69. The molecule has 0 unspecified atom stereocenters. The Morgan fingerprint density at radius 2 is 2.00 bits per heavy atom. The van der Waals surface area contributed by atoms with Gasteiger partial charge >= 0.3 is 5.97 Å². The van der Waals surface area contributed by atoms with Crippen LogP contribution in [-0.4, -0.2) is 13.1 Å². The van der Waals surface area contributed by atoms with Crippen molar-refractivity contribution in [2.75, 3.05) is 12.4 Å². The molecule has 0 saturated carbocycles. The summed E-state index contributed by atoms with van der Waals surface area (Å²) in [5.41, 5.74) is 2.44. The van der Waals surface area contributed by atoms with E-state index in [0.29, 0.717) is 16.8 Å². The average Bonchev–Trinajstić information content (AvgIpc) is 2.47. The molecule has 4 heteroatoms. The van der Waals surface area contributed by atoms with Gasteiger partial charge in [0.25, 0.3) is 0 Å². The number of anilines is 2. The Morgan fingerprint density at radius 1 is 1.21 bits per heavy atom. The highest BCUT2D eigenvalue weighted by atomic mass is 16.5. The summed E-state index contributed by atoms with van der Waals surface area (Å²) in [6.07, 6.45) is 0. The number of esters is 1.